The van der Waals surface area contributed by atoms with Crippen molar-refractivity contribution in [2.45, 2.75) is 25.7 Å². The summed E-state index contributed by atoms with van der Waals surface area (Å²) >= 11 is 0. The Labute approximate surface area is 145 Å². The van der Waals surface area contributed by atoms with Crippen molar-refractivity contribution in [3.8, 4) is 0 Å². The number of methoxy groups -OCH3 is 2. The van der Waals surface area contributed by atoms with E-state index < -0.39 is 0 Å². The minimum atomic E-state index is 0.176. The Balaban J connectivity index is 2.27. The van der Waals surface area contributed by atoms with E-state index in [0.29, 0.717) is 39.4 Å². The van der Waals surface area contributed by atoms with Crippen molar-refractivity contribution in [1.82, 2.24) is 4.90 Å². The van der Waals surface area contributed by atoms with Crippen LogP contribution in [0.1, 0.15) is 24.8 Å². The first-order valence-corrected chi connectivity index (χ1v) is 8.65. The summed E-state index contributed by atoms with van der Waals surface area (Å²) in [5.41, 5.74) is 1.31. The van der Waals surface area contributed by atoms with Crippen LogP contribution >= 0.6 is 0 Å². The molecule has 0 bridgehead atoms. The van der Waals surface area contributed by atoms with Gasteiger partial charge < -0.3 is 19.1 Å². The van der Waals surface area contributed by atoms with E-state index >= 15 is 0 Å². The fourth-order valence-corrected chi connectivity index (χ4v) is 2.41. The van der Waals surface area contributed by atoms with Crippen LogP contribution in [0.2, 0.25) is 0 Å². The van der Waals surface area contributed by atoms with Crippen LogP contribution in [0.25, 0.3) is 0 Å². The maximum absolute atomic E-state index is 12.4. The molecule has 0 aliphatic rings. The number of aryl methyl sites for hydroxylation is 1. The molecule has 0 radical (unpaired) electrons. The van der Waals surface area contributed by atoms with Gasteiger partial charge in [-0.25, -0.2) is 0 Å². The normalized spacial score (nSPS) is 10.8. The summed E-state index contributed by atoms with van der Waals surface area (Å²) in [7, 11) is 3.31. The van der Waals surface area contributed by atoms with E-state index in [4.69, 9.17) is 14.2 Å². The maximum Gasteiger partial charge on any atom is 0.222 e. The van der Waals surface area contributed by atoms with Gasteiger partial charge in [-0.05, 0) is 24.8 Å². The second-order valence-corrected chi connectivity index (χ2v) is 5.67. The summed E-state index contributed by atoms with van der Waals surface area (Å²) in [6.07, 6.45) is 3.20. The average molecular weight is 337 g/mol. The van der Waals surface area contributed by atoms with E-state index in [-0.39, 0.29) is 5.91 Å². The lowest BCUT2D eigenvalue weighted by Crippen LogP contribution is -2.35. The Morgan fingerprint density at radius 3 is 2.38 bits per heavy atom. The minimum absolute atomic E-state index is 0.176. The molecular formula is C19H31NO4. The number of hydrogen-bond donors (Lipinski definition) is 0. The third-order valence-electron chi connectivity index (χ3n) is 3.77. The summed E-state index contributed by atoms with van der Waals surface area (Å²) < 4.78 is 15.4. The molecule has 0 spiro atoms. The van der Waals surface area contributed by atoms with Gasteiger partial charge in [-0.3, -0.25) is 4.79 Å². The fourth-order valence-electron chi connectivity index (χ4n) is 2.41. The number of rotatable bonds is 14. The minimum Gasteiger partial charge on any atom is -0.383 e. The van der Waals surface area contributed by atoms with Gasteiger partial charge in [-0.15, -0.1) is 0 Å². The number of hydrogen-bond acceptors (Lipinski definition) is 4. The predicted molar refractivity (Wildman–Crippen MR) is 95.1 cm³/mol. The molecule has 24 heavy (non-hydrogen) atoms. The summed E-state index contributed by atoms with van der Waals surface area (Å²) in [5.74, 6) is 0.176. The third kappa shape index (κ3) is 9.65. The first-order chi connectivity index (χ1) is 11.8. The number of amides is 1. The van der Waals surface area contributed by atoms with E-state index in [1.54, 1.807) is 14.2 Å². The van der Waals surface area contributed by atoms with Crippen molar-refractivity contribution < 1.29 is 19.0 Å². The molecule has 0 aliphatic heterocycles. The molecule has 1 aromatic carbocycles. The highest BCUT2D eigenvalue weighted by Gasteiger charge is 2.12. The zero-order valence-electron chi connectivity index (χ0n) is 15.0. The van der Waals surface area contributed by atoms with E-state index in [9.17, 15) is 4.79 Å². The molecule has 0 unspecified atom stereocenters. The highest BCUT2D eigenvalue weighted by Crippen LogP contribution is 2.06. The monoisotopic (exact) mass is 337 g/mol. The lowest BCUT2D eigenvalue weighted by Gasteiger charge is -2.22. The van der Waals surface area contributed by atoms with Crippen LogP contribution in [0.4, 0.5) is 0 Å². The van der Waals surface area contributed by atoms with Crippen molar-refractivity contribution in [2.24, 2.45) is 0 Å². The molecule has 0 aliphatic carbocycles. The van der Waals surface area contributed by atoms with Crippen LogP contribution < -0.4 is 0 Å². The van der Waals surface area contributed by atoms with Gasteiger partial charge in [0.1, 0.15) is 0 Å². The molecule has 0 aromatic heterocycles. The Kier molecular flexibility index (Phi) is 12.0. The Morgan fingerprint density at radius 2 is 1.67 bits per heavy atom. The molecule has 0 heterocycles. The van der Waals surface area contributed by atoms with Crippen molar-refractivity contribution in [3.05, 3.63) is 35.9 Å². The van der Waals surface area contributed by atoms with E-state index in [1.807, 2.05) is 23.1 Å². The lowest BCUT2D eigenvalue weighted by molar-refractivity contribution is -0.132. The first-order valence-electron chi connectivity index (χ1n) is 8.65. The van der Waals surface area contributed by atoms with Gasteiger partial charge in [0.25, 0.3) is 0 Å². The van der Waals surface area contributed by atoms with Gasteiger partial charge in [0.05, 0.1) is 19.8 Å². The van der Waals surface area contributed by atoms with Crippen molar-refractivity contribution in [1.29, 1.82) is 0 Å². The molecule has 1 rings (SSSR count). The Bertz CT molecular complexity index is 425. The molecule has 0 N–H and O–H groups in total. The van der Waals surface area contributed by atoms with Crippen LogP contribution in [0.5, 0.6) is 0 Å². The second kappa shape index (κ2) is 14.0. The molecule has 0 fully saturated rings. The number of nitrogens with zero attached hydrogens (tertiary/aromatic N) is 1. The zero-order valence-corrected chi connectivity index (χ0v) is 15.0. The summed E-state index contributed by atoms with van der Waals surface area (Å²) in [4.78, 5) is 14.3. The number of carbonyl (C=O) groups excluding carboxylic acids is 1. The van der Waals surface area contributed by atoms with Gasteiger partial charge in [0, 0.05) is 40.3 Å². The lowest BCUT2D eigenvalue weighted by atomic mass is 10.1. The first kappa shape index (κ1) is 20.6. The zero-order chi connectivity index (χ0) is 17.5. The van der Waals surface area contributed by atoms with Crippen molar-refractivity contribution in [2.75, 3.05) is 53.7 Å². The quantitative estimate of drug-likeness (QED) is 0.490. The SMILES string of the molecule is COCCOCCCC(=O)N(CCCc1ccccc1)CCOC. The fraction of sp³-hybridized carbons (Fsp3) is 0.632. The second-order valence-electron chi connectivity index (χ2n) is 5.67. The smallest absolute Gasteiger partial charge is 0.222 e. The van der Waals surface area contributed by atoms with E-state index in [2.05, 4.69) is 12.1 Å². The molecular weight excluding hydrogens is 306 g/mol. The molecule has 0 atom stereocenters. The van der Waals surface area contributed by atoms with Gasteiger partial charge in [0.15, 0.2) is 0 Å². The predicted octanol–water partition coefficient (Wildman–Crippen LogP) is 2.54. The van der Waals surface area contributed by atoms with Crippen molar-refractivity contribution >= 4 is 5.91 Å². The van der Waals surface area contributed by atoms with Gasteiger partial charge in [-0.1, -0.05) is 30.3 Å². The number of ether oxygens (including phenoxy) is 3. The van der Waals surface area contributed by atoms with Crippen LogP contribution in [0, 0.1) is 0 Å². The van der Waals surface area contributed by atoms with Crippen LogP contribution in [0.3, 0.4) is 0 Å². The van der Waals surface area contributed by atoms with E-state index in [0.717, 1.165) is 25.8 Å². The molecule has 1 aromatic rings. The highest BCUT2D eigenvalue weighted by molar-refractivity contribution is 5.76. The Morgan fingerprint density at radius 1 is 0.917 bits per heavy atom. The van der Waals surface area contributed by atoms with Gasteiger partial charge in [0.2, 0.25) is 5.91 Å². The van der Waals surface area contributed by atoms with Crippen LogP contribution in [0.15, 0.2) is 30.3 Å². The highest BCUT2D eigenvalue weighted by atomic mass is 16.5. The molecule has 5 nitrogen and oxygen atoms in total. The van der Waals surface area contributed by atoms with E-state index in [1.165, 1.54) is 5.56 Å². The topological polar surface area (TPSA) is 48.0 Å². The standard InChI is InChI=1S/C19H31NO4/c1-22-15-13-20(12-6-10-18-8-4-3-5-9-18)19(21)11-7-14-24-17-16-23-2/h3-5,8-9H,6-7,10-17H2,1-2H3. The number of benzene rings is 1. The summed E-state index contributed by atoms with van der Waals surface area (Å²) in [6.45, 7) is 3.75. The van der Waals surface area contributed by atoms with Crippen molar-refractivity contribution in [3.63, 3.8) is 0 Å². The summed E-state index contributed by atoms with van der Waals surface area (Å²) in [5, 5.41) is 0. The maximum atomic E-state index is 12.4. The van der Waals surface area contributed by atoms with Gasteiger partial charge >= 0.3 is 0 Å². The third-order valence-corrected chi connectivity index (χ3v) is 3.77. The van der Waals surface area contributed by atoms with Gasteiger partial charge in [-0.2, -0.15) is 0 Å². The number of carbonyl (C=O) groups is 1. The van der Waals surface area contributed by atoms with Crippen LogP contribution in [-0.2, 0) is 25.4 Å². The molecule has 1 amide bonds. The molecule has 136 valence electrons. The molecule has 5 heteroatoms. The summed E-state index contributed by atoms with van der Waals surface area (Å²) in [6, 6.07) is 10.4. The average Bonchev–Trinajstić information content (AvgIpc) is 2.61. The molecule has 0 saturated carbocycles. The van der Waals surface area contributed by atoms with Crippen LogP contribution in [-0.4, -0.2) is 64.5 Å². The molecule has 0 saturated heterocycles. The Hall–Kier alpha value is -1.43. The largest absolute Gasteiger partial charge is 0.383 e.